The predicted octanol–water partition coefficient (Wildman–Crippen LogP) is 5.99. The molecule has 0 aromatic heterocycles. The number of esters is 1. The third-order valence-corrected chi connectivity index (χ3v) is 6.65. The van der Waals surface area contributed by atoms with E-state index < -0.39 is 42.7 Å². The van der Waals surface area contributed by atoms with E-state index in [1.807, 2.05) is 13.8 Å². The fraction of sp³-hybridized carbons (Fsp3) is 0.667. The van der Waals surface area contributed by atoms with Crippen LogP contribution in [0.4, 0.5) is 14.4 Å². The monoisotopic (exact) mass is 595 g/mol. The number of ether oxygens (including phenoxy) is 7. The van der Waals surface area contributed by atoms with Gasteiger partial charge in [-0.2, -0.15) is 0 Å². The Morgan fingerprint density at radius 2 is 1.38 bits per heavy atom. The van der Waals surface area contributed by atoms with Crippen LogP contribution in [0.5, 0.6) is 11.5 Å². The van der Waals surface area contributed by atoms with Crippen molar-refractivity contribution in [1.29, 1.82) is 0 Å². The second-order valence-electron chi connectivity index (χ2n) is 10.3. The van der Waals surface area contributed by atoms with Crippen LogP contribution in [0, 0.1) is 0 Å². The van der Waals surface area contributed by atoms with Gasteiger partial charge in [0.25, 0.3) is 0 Å². The van der Waals surface area contributed by atoms with Crippen molar-refractivity contribution in [3.05, 3.63) is 23.8 Å². The molecule has 0 saturated heterocycles. The van der Waals surface area contributed by atoms with Gasteiger partial charge in [0, 0.05) is 0 Å². The quantitative estimate of drug-likeness (QED) is 0.109. The maximum atomic E-state index is 12.7. The molecule has 1 aromatic carbocycles. The van der Waals surface area contributed by atoms with Gasteiger partial charge in [0.05, 0.1) is 13.2 Å². The summed E-state index contributed by atoms with van der Waals surface area (Å²) in [4.78, 5) is 49.1. The standard InChI is InChI=1S/C30H45NO11/c1-5-7-16-36-28(33)41-25-15-14-22(19-26(25)42-29(34)37-17-8-6-2)18-24(31)27(32)38-20(3)21(4)39-30(35)40-23-12-10-9-11-13-23/h14-15,19-21,23-24H,5-13,16-18,31H2,1-4H3/t20-,21?,24-/m0/s1. The van der Waals surface area contributed by atoms with Crippen LogP contribution in [-0.2, 0) is 34.9 Å². The molecule has 0 radical (unpaired) electrons. The summed E-state index contributed by atoms with van der Waals surface area (Å²) in [5.74, 6) is -0.891. The highest BCUT2D eigenvalue weighted by molar-refractivity contribution is 5.76. The van der Waals surface area contributed by atoms with E-state index in [1.165, 1.54) is 12.1 Å². The second-order valence-corrected chi connectivity index (χ2v) is 10.3. The molecule has 236 valence electrons. The van der Waals surface area contributed by atoms with Crippen molar-refractivity contribution in [2.75, 3.05) is 13.2 Å². The second kappa shape index (κ2) is 18.8. The van der Waals surface area contributed by atoms with Crippen molar-refractivity contribution < 1.29 is 52.3 Å². The Morgan fingerprint density at radius 3 is 1.98 bits per heavy atom. The fourth-order valence-corrected chi connectivity index (χ4v) is 3.98. The van der Waals surface area contributed by atoms with Gasteiger partial charge in [-0.15, -0.1) is 0 Å². The average Bonchev–Trinajstić information content (AvgIpc) is 2.95. The molecule has 2 N–H and O–H groups in total. The molecular formula is C30H45NO11. The molecule has 1 aromatic rings. The summed E-state index contributed by atoms with van der Waals surface area (Å²) in [5, 5.41) is 0. The molecule has 12 heteroatoms. The lowest BCUT2D eigenvalue weighted by Gasteiger charge is -2.25. The number of rotatable bonds is 15. The van der Waals surface area contributed by atoms with E-state index in [9.17, 15) is 19.2 Å². The Kier molecular flexibility index (Phi) is 15.5. The number of nitrogens with two attached hydrogens (primary N) is 1. The SMILES string of the molecule is CCCCOC(=O)Oc1ccc(C[C@H](N)C(=O)O[C@@H](C)C(C)OC(=O)OC2CCCCC2)cc1OC(=O)OCCCC. The topological polar surface area (TPSA) is 159 Å². The number of unbranched alkanes of at least 4 members (excludes halogenated alkanes) is 2. The molecule has 3 atom stereocenters. The first-order valence-electron chi connectivity index (χ1n) is 14.8. The highest BCUT2D eigenvalue weighted by Gasteiger charge is 2.27. The lowest BCUT2D eigenvalue weighted by atomic mass is 9.98. The van der Waals surface area contributed by atoms with Crippen LogP contribution >= 0.6 is 0 Å². The molecule has 0 bridgehead atoms. The van der Waals surface area contributed by atoms with E-state index in [1.54, 1.807) is 19.9 Å². The van der Waals surface area contributed by atoms with Crippen molar-refractivity contribution in [2.45, 2.75) is 116 Å². The summed E-state index contributed by atoms with van der Waals surface area (Å²) in [6.07, 6.45) is 3.35. The van der Waals surface area contributed by atoms with Crippen molar-refractivity contribution >= 4 is 24.4 Å². The normalized spacial score (nSPS) is 15.5. The maximum Gasteiger partial charge on any atom is 0.513 e. The lowest BCUT2D eigenvalue weighted by Crippen LogP contribution is -2.39. The van der Waals surface area contributed by atoms with Gasteiger partial charge in [0.15, 0.2) is 11.5 Å². The molecular weight excluding hydrogens is 550 g/mol. The van der Waals surface area contributed by atoms with Crippen LogP contribution < -0.4 is 15.2 Å². The highest BCUT2D eigenvalue weighted by atomic mass is 16.8. The van der Waals surface area contributed by atoms with Gasteiger partial charge < -0.3 is 38.9 Å². The van der Waals surface area contributed by atoms with E-state index in [-0.39, 0.29) is 37.2 Å². The van der Waals surface area contributed by atoms with Crippen LogP contribution in [-0.4, -0.2) is 62.0 Å². The zero-order valence-corrected chi connectivity index (χ0v) is 25.1. The molecule has 1 unspecified atom stereocenters. The van der Waals surface area contributed by atoms with Gasteiger partial charge in [-0.3, -0.25) is 4.79 Å². The minimum Gasteiger partial charge on any atom is -0.458 e. The lowest BCUT2D eigenvalue weighted by molar-refractivity contribution is -0.155. The zero-order chi connectivity index (χ0) is 30.9. The third kappa shape index (κ3) is 13.0. The molecule has 1 saturated carbocycles. The van der Waals surface area contributed by atoms with Gasteiger partial charge in [-0.25, -0.2) is 14.4 Å². The first-order chi connectivity index (χ1) is 20.1. The Morgan fingerprint density at radius 1 is 0.810 bits per heavy atom. The molecule has 1 aliphatic carbocycles. The van der Waals surface area contributed by atoms with Crippen molar-refractivity contribution in [3.63, 3.8) is 0 Å². The third-order valence-electron chi connectivity index (χ3n) is 6.65. The van der Waals surface area contributed by atoms with Crippen molar-refractivity contribution in [3.8, 4) is 11.5 Å². The molecule has 0 aliphatic heterocycles. The zero-order valence-electron chi connectivity index (χ0n) is 25.1. The molecule has 12 nitrogen and oxygen atoms in total. The van der Waals surface area contributed by atoms with E-state index in [0.29, 0.717) is 18.4 Å². The number of carbonyl (C=O) groups excluding carboxylic acids is 4. The van der Waals surface area contributed by atoms with Crippen molar-refractivity contribution in [1.82, 2.24) is 0 Å². The molecule has 1 aliphatic rings. The summed E-state index contributed by atoms with van der Waals surface area (Å²) in [5.41, 5.74) is 6.59. The Balaban J connectivity index is 1.97. The Bertz CT molecular complexity index is 1010. The molecule has 2 rings (SSSR count). The first-order valence-corrected chi connectivity index (χ1v) is 14.8. The highest BCUT2D eigenvalue weighted by Crippen LogP contribution is 2.30. The number of hydrogen-bond acceptors (Lipinski definition) is 12. The summed E-state index contributed by atoms with van der Waals surface area (Å²) in [6, 6.07) is 3.29. The van der Waals surface area contributed by atoms with E-state index in [4.69, 9.17) is 38.9 Å². The fourth-order valence-electron chi connectivity index (χ4n) is 3.98. The number of hydrogen-bond donors (Lipinski definition) is 1. The Labute approximate surface area is 247 Å². The summed E-state index contributed by atoms with van der Waals surface area (Å²) in [7, 11) is 0. The molecule has 0 heterocycles. The summed E-state index contributed by atoms with van der Waals surface area (Å²) in [6.45, 7) is 7.44. The predicted molar refractivity (Wildman–Crippen MR) is 151 cm³/mol. The van der Waals surface area contributed by atoms with E-state index >= 15 is 0 Å². The van der Waals surface area contributed by atoms with E-state index in [2.05, 4.69) is 0 Å². The Hall–Kier alpha value is -3.54. The van der Waals surface area contributed by atoms with Crippen LogP contribution in [0.3, 0.4) is 0 Å². The minimum atomic E-state index is -1.09. The maximum absolute atomic E-state index is 12.7. The molecule has 0 spiro atoms. The van der Waals surface area contributed by atoms with Crippen LogP contribution in [0.25, 0.3) is 0 Å². The van der Waals surface area contributed by atoms with Gasteiger partial charge >= 0.3 is 24.4 Å². The van der Waals surface area contributed by atoms with Gasteiger partial charge in [0.2, 0.25) is 0 Å². The van der Waals surface area contributed by atoms with Crippen molar-refractivity contribution in [2.24, 2.45) is 5.73 Å². The molecule has 42 heavy (non-hydrogen) atoms. The number of carbonyl (C=O) groups is 4. The minimum absolute atomic E-state index is 0.00693. The van der Waals surface area contributed by atoms with Gasteiger partial charge in [-0.1, -0.05) is 39.2 Å². The van der Waals surface area contributed by atoms with E-state index in [0.717, 1.165) is 44.9 Å². The number of benzene rings is 1. The first kappa shape index (κ1) is 34.7. The summed E-state index contributed by atoms with van der Waals surface area (Å²) >= 11 is 0. The molecule has 1 fully saturated rings. The van der Waals surface area contributed by atoms with Crippen LogP contribution in [0.15, 0.2) is 18.2 Å². The van der Waals surface area contributed by atoms with Crippen LogP contribution in [0.1, 0.15) is 91.0 Å². The van der Waals surface area contributed by atoms with Gasteiger partial charge in [0.1, 0.15) is 24.4 Å². The largest absolute Gasteiger partial charge is 0.513 e. The summed E-state index contributed by atoms with van der Waals surface area (Å²) < 4.78 is 36.6. The van der Waals surface area contributed by atoms with Gasteiger partial charge in [-0.05, 0) is 76.5 Å². The average molecular weight is 596 g/mol. The smallest absolute Gasteiger partial charge is 0.458 e. The van der Waals surface area contributed by atoms with Crippen LogP contribution in [0.2, 0.25) is 0 Å². The molecule has 0 amide bonds.